The van der Waals surface area contributed by atoms with E-state index in [9.17, 15) is 39.6 Å². The van der Waals surface area contributed by atoms with Crippen LogP contribution in [0, 0.1) is 55.4 Å². The van der Waals surface area contributed by atoms with Crippen molar-refractivity contribution in [2.45, 2.75) is 133 Å². The van der Waals surface area contributed by atoms with Gasteiger partial charge in [-0.2, -0.15) is 0 Å². The van der Waals surface area contributed by atoms with Gasteiger partial charge >= 0.3 is 23.9 Å². The Balaban J connectivity index is 0.00000316. The monoisotopic (exact) mass is 1240 g/mol. The number of H-pyrrole nitrogens is 8. The van der Waals surface area contributed by atoms with Crippen LogP contribution in [-0.2, 0) is 49.6 Å². The Labute approximate surface area is 603 Å². The number of aliphatic carboxylic acids is 4. The smallest absolute Gasteiger partial charge is 0.303 e. The molecule has 0 saturated carbocycles. The molecule has 0 aliphatic carbocycles. The summed E-state index contributed by atoms with van der Waals surface area (Å²) >= 11 is 0. The fourth-order valence-electron chi connectivity index (χ4n) is 12.8. The van der Waals surface area contributed by atoms with Crippen LogP contribution in [0.2, 0.25) is 0 Å². The van der Waals surface area contributed by atoms with Crippen molar-refractivity contribution in [3.8, 4) is 0 Å². The number of ether oxygens (including phenoxy) is 1. The van der Waals surface area contributed by atoms with Crippen molar-refractivity contribution >= 4 is 203 Å². The number of aromatic nitrogens is 8. The van der Waals surface area contributed by atoms with Gasteiger partial charge in [-0.25, -0.2) is 0 Å². The van der Waals surface area contributed by atoms with Crippen LogP contribution in [0.25, 0.3) is 60.8 Å². The SMILES string of the molecule is C=Cc1c2[nH]c(c1C)C=c1[nH]c(c(CCC(=O)O)c1C)=Cc1[nH]c(c(C)c1CCC(=O)O)C=c1[nH]c(c(C)c1C(C)OC(C)c1c(C)c3[nH]c1=Cc1[nH]c(c(CCC(=O)O)c1C)C=c1[nH]c(c(C)c1CCC(=O)O)=Cc1[nH]c(c(C=C)c1C)C=3)=C2.[Na].[Na].[Na].[Na]. The molecule has 21 heteroatoms. The Morgan fingerprint density at radius 3 is 0.944 bits per heavy atom. The van der Waals surface area contributed by atoms with Gasteiger partial charge in [0.25, 0.3) is 0 Å². The molecule has 2 unspecified atom stereocenters. The maximum Gasteiger partial charge on any atom is 0.303 e. The number of carboxylic acid groups (broad SMARTS) is 4. The van der Waals surface area contributed by atoms with Crippen LogP contribution >= 0.6 is 0 Å². The van der Waals surface area contributed by atoms with Crippen molar-refractivity contribution in [3.63, 3.8) is 0 Å². The molecular formula is C68H74N8Na4O9. The summed E-state index contributed by atoms with van der Waals surface area (Å²) in [7, 11) is 0. The first-order chi connectivity index (χ1) is 40.4. The number of aromatic amines is 8. The van der Waals surface area contributed by atoms with Crippen molar-refractivity contribution in [2.75, 3.05) is 0 Å². The van der Waals surface area contributed by atoms with Gasteiger partial charge in [-0.05, 0) is 210 Å². The third kappa shape index (κ3) is 14.7. The quantitative estimate of drug-likeness (QED) is 0.0530. The Bertz CT molecular complexity index is 4390. The molecule has 0 aromatic carbocycles. The van der Waals surface area contributed by atoms with E-state index in [0.29, 0.717) is 11.4 Å². The van der Waals surface area contributed by atoms with Crippen molar-refractivity contribution in [2.24, 2.45) is 0 Å². The van der Waals surface area contributed by atoms with E-state index >= 15 is 0 Å². The predicted molar refractivity (Wildman–Crippen MR) is 355 cm³/mol. The van der Waals surface area contributed by atoms with E-state index in [2.05, 4.69) is 91.2 Å². The number of hydrogen-bond acceptors (Lipinski definition) is 5. The van der Waals surface area contributed by atoms with E-state index in [1.807, 2.05) is 91.8 Å². The van der Waals surface area contributed by atoms with Crippen LogP contribution in [0.15, 0.2) is 13.2 Å². The minimum atomic E-state index is -0.925. The third-order valence-corrected chi connectivity index (χ3v) is 17.6. The average molecular weight is 1240 g/mol. The number of carboxylic acids is 4. The molecule has 8 aromatic heterocycles. The van der Waals surface area contributed by atoms with Gasteiger partial charge in [0.2, 0.25) is 0 Å². The number of nitrogens with one attached hydrogen (secondary N) is 8. The van der Waals surface area contributed by atoms with Gasteiger partial charge in [0.05, 0.1) is 12.2 Å². The van der Waals surface area contributed by atoms with Gasteiger partial charge in [0.1, 0.15) is 0 Å². The Morgan fingerprint density at radius 1 is 0.360 bits per heavy atom. The normalized spacial score (nSPS) is 12.6. The fourth-order valence-corrected chi connectivity index (χ4v) is 12.8. The van der Waals surface area contributed by atoms with Crippen molar-refractivity contribution in [1.29, 1.82) is 0 Å². The molecule has 17 nitrogen and oxygen atoms in total. The van der Waals surface area contributed by atoms with Crippen LogP contribution in [0.1, 0.15) is 186 Å². The van der Waals surface area contributed by atoms with Crippen LogP contribution in [0.5, 0.6) is 0 Å². The van der Waals surface area contributed by atoms with E-state index in [-0.39, 0.29) is 170 Å². The maximum absolute atomic E-state index is 12.2. The van der Waals surface area contributed by atoms with Gasteiger partial charge < -0.3 is 65.0 Å². The molecule has 4 radical (unpaired) electrons. The second kappa shape index (κ2) is 29.9. The fraction of sp³-hybridized carbons (Fsp3) is 0.294. The molecule has 0 amide bonds. The topological polar surface area (TPSA) is 285 Å². The number of rotatable bonds is 18. The second-order valence-corrected chi connectivity index (χ2v) is 22.7. The summed E-state index contributed by atoms with van der Waals surface area (Å²) in [4.78, 5) is 77.6. The molecular weight excluding hydrogens is 1160 g/mol. The molecule has 2 atom stereocenters. The van der Waals surface area contributed by atoms with E-state index in [1.54, 1.807) is 0 Å². The van der Waals surface area contributed by atoms with Crippen LogP contribution in [0.4, 0.5) is 0 Å². The molecule has 10 rings (SSSR count). The predicted octanol–water partition coefficient (Wildman–Crippen LogP) is 4.71. The van der Waals surface area contributed by atoms with E-state index in [0.717, 1.165) is 166 Å². The molecule has 2 aliphatic heterocycles. The molecule has 10 heterocycles. The first-order valence-electron chi connectivity index (χ1n) is 28.8. The summed E-state index contributed by atoms with van der Waals surface area (Å²) in [5.41, 5.74) is 20.7. The van der Waals surface area contributed by atoms with Gasteiger partial charge in [-0.1, -0.05) is 25.3 Å². The molecule has 8 aromatic rings. The Hall–Kier alpha value is -5.48. The molecule has 2 aliphatic rings. The molecule has 12 N–H and O–H groups in total. The van der Waals surface area contributed by atoms with E-state index in [4.69, 9.17) is 4.74 Å². The first-order valence-corrected chi connectivity index (χ1v) is 28.8. The zero-order chi connectivity index (χ0) is 61.0. The number of carbonyl (C=O) groups is 4. The van der Waals surface area contributed by atoms with E-state index < -0.39 is 36.1 Å². The minimum Gasteiger partial charge on any atom is -0.481 e. The van der Waals surface area contributed by atoms with Crippen LogP contribution in [-0.4, -0.2) is 202 Å². The average Bonchev–Trinajstić information content (AvgIpc) is 1.66. The molecule has 0 fully saturated rings. The first kappa shape index (κ1) is 72.6. The van der Waals surface area contributed by atoms with E-state index in [1.165, 1.54) is 0 Å². The molecule has 444 valence electrons. The van der Waals surface area contributed by atoms with Crippen molar-refractivity contribution < 1.29 is 44.3 Å². The number of fused-ring (bicyclic) bond motifs is 16. The largest absolute Gasteiger partial charge is 0.481 e. The minimum absolute atomic E-state index is 0. The summed E-state index contributed by atoms with van der Waals surface area (Å²) < 4.78 is 7.32. The van der Waals surface area contributed by atoms with Crippen molar-refractivity contribution in [1.82, 2.24) is 39.9 Å². The standard InChI is InChI=1S/C68H74N8O9.4Na/c1-13-41-31(3)47-23-49-33(5)43(15-19-63(77)78)57(71-49)29-59-45(17-21-65(81)82)35(7)51(73-59)27-61-67(37(9)53(75-61)25-55(41)69-47)39(11)85-40(12)68-38(10)54-26-56-42(14-2)32(4)48(70-56)24-50-34(6)44(16-20-64(79)80)58(72-50)30-60-46(18-22-66(83)84)36(8)52(74-60)28-62(68)76-54;;;;/h13-14,23-30,39-40,69-76H,1-2,15-22H2,3-12H3,(H,77,78)(H,79,80)(H,81,82)(H,83,84);;;;. The maximum atomic E-state index is 12.2. The summed E-state index contributed by atoms with van der Waals surface area (Å²) in [6.45, 7) is 28.7. The summed E-state index contributed by atoms with van der Waals surface area (Å²) in [6.07, 6.45) is 19.6. The molecule has 0 saturated heterocycles. The van der Waals surface area contributed by atoms with Gasteiger partial charge in [-0.3, -0.25) is 19.2 Å². The van der Waals surface area contributed by atoms with Gasteiger partial charge in [0.15, 0.2) is 0 Å². The summed E-state index contributed by atoms with van der Waals surface area (Å²) in [5, 5.41) is 45.8. The molecule has 0 spiro atoms. The summed E-state index contributed by atoms with van der Waals surface area (Å²) in [6, 6.07) is 0. The van der Waals surface area contributed by atoms with Gasteiger partial charge in [0, 0.05) is 255 Å². The Morgan fingerprint density at radius 2 is 0.618 bits per heavy atom. The number of hydrogen-bond donors (Lipinski definition) is 12. The zero-order valence-corrected chi connectivity index (χ0v) is 61.8. The summed E-state index contributed by atoms with van der Waals surface area (Å²) in [5.74, 6) is -3.67. The van der Waals surface area contributed by atoms with Crippen LogP contribution < -0.4 is 42.8 Å². The van der Waals surface area contributed by atoms with Crippen LogP contribution in [0.3, 0.4) is 0 Å². The third-order valence-electron chi connectivity index (χ3n) is 17.6. The molecule has 89 heavy (non-hydrogen) atoms. The molecule has 16 bridgehead atoms. The zero-order valence-electron chi connectivity index (χ0n) is 53.8. The second-order valence-electron chi connectivity index (χ2n) is 22.7. The van der Waals surface area contributed by atoms with Gasteiger partial charge in [-0.15, -0.1) is 0 Å². The van der Waals surface area contributed by atoms with Crippen molar-refractivity contribution in [3.05, 3.63) is 191 Å². The Kier molecular flexibility index (Phi) is 24.4.